The van der Waals surface area contributed by atoms with Crippen molar-refractivity contribution in [2.45, 2.75) is 33.4 Å². The topological polar surface area (TPSA) is 58.1 Å². The Morgan fingerprint density at radius 2 is 1.63 bits per heavy atom. The number of nitrogens with one attached hydrogen (secondary N) is 2. The average Bonchev–Trinajstić information content (AvgIpc) is 2.72. The molecule has 0 heterocycles. The van der Waals surface area contributed by atoms with Crippen LogP contribution in [0.1, 0.15) is 30.5 Å². The van der Waals surface area contributed by atoms with Gasteiger partial charge in [0.05, 0.1) is 13.2 Å². The lowest BCUT2D eigenvalue weighted by molar-refractivity contribution is 0.287. The van der Waals surface area contributed by atoms with Gasteiger partial charge >= 0.3 is 0 Å². The first kappa shape index (κ1) is 23.5. The molecule has 0 fully saturated rings. The fourth-order valence-corrected chi connectivity index (χ4v) is 3.19. The van der Waals surface area contributed by atoms with Crippen LogP contribution in [0.3, 0.4) is 0 Å². The molecule has 0 radical (unpaired) electrons. The Kier molecular flexibility index (Phi) is 10.0. The molecule has 6 nitrogen and oxygen atoms in total. The third-order valence-electron chi connectivity index (χ3n) is 4.49. The van der Waals surface area contributed by atoms with Gasteiger partial charge in [0.15, 0.2) is 17.5 Å². The van der Waals surface area contributed by atoms with Gasteiger partial charge < -0.3 is 25.0 Å². The maximum Gasteiger partial charge on any atom is 0.191 e. The van der Waals surface area contributed by atoms with Crippen LogP contribution in [0.2, 0.25) is 0 Å². The predicted octanol–water partition coefficient (Wildman–Crippen LogP) is 3.45. The van der Waals surface area contributed by atoms with E-state index in [0.29, 0.717) is 13.2 Å². The zero-order valence-electron chi connectivity index (χ0n) is 19.0. The Hall–Kier alpha value is -2.73. The minimum Gasteiger partial charge on any atom is -0.490 e. The van der Waals surface area contributed by atoms with Gasteiger partial charge in [0.25, 0.3) is 0 Å². The van der Waals surface area contributed by atoms with E-state index in [1.54, 1.807) is 7.05 Å². The summed E-state index contributed by atoms with van der Waals surface area (Å²) >= 11 is 0. The number of aliphatic imine (C=N–C) groups is 1. The number of nitrogens with zero attached hydrogens (tertiary/aromatic N) is 2. The number of guanidine groups is 1. The second-order valence-electron chi connectivity index (χ2n) is 7.31. The molecule has 2 N–H and O–H groups in total. The Balaban J connectivity index is 1.85. The molecule has 2 aromatic carbocycles. The third-order valence-corrected chi connectivity index (χ3v) is 4.49. The molecule has 0 amide bonds. The predicted molar refractivity (Wildman–Crippen MR) is 125 cm³/mol. The maximum atomic E-state index is 5.72. The number of rotatable bonds is 11. The fourth-order valence-electron chi connectivity index (χ4n) is 3.19. The Morgan fingerprint density at radius 3 is 2.33 bits per heavy atom. The highest BCUT2D eigenvalue weighted by atomic mass is 16.5. The van der Waals surface area contributed by atoms with E-state index in [1.165, 1.54) is 16.7 Å². The van der Waals surface area contributed by atoms with Gasteiger partial charge in [-0.1, -0.05) is 30.3 Å². The highest BCUT2D eigenvalue weighted by Gasteiger charge is 2.07. The van der Waals surface area contributed by atoms with E-state index >= 15 is 0 Å². The van der Waals surface area contributed by atoms with E-state index in [-0.39, 0.29) is 0 Å². The molecular formula is C24H36N4O2. The first-order chi connectivity index (χ1) is 14.5. The van der Waals surface area contributed by atoms with Crippen molar-refractivity contribution >= 4 is 5.96 Å². The molecule has 0 unspecified atom stereocenters. The van der Waals surface area contributed by atoms with Crippen LogP contribution in [0, 0.1) is 0 Å². The van der Waals surface area contributed by atoms with Gasteiger partial charge in [-0.2, -0.15) is 0 Å². The summed E-state index contributed by atoms with van der Waals surface area (Å²) in [6.07, 6.45) is 0.867. The highest BCUT2D eigenvalue weighted by molar-refractivity contribution is 5.79. The molecule has 0 bridgehead atoms. The fraction of sp³-hybridized carbons (Fsp3) is 0.458. The van der Waals surface area contributed by atoms with Crippen molar-refractivity contribution in [1.82, 2.24) is 15.5 Å². The lowest BCUT2D eigenvalue weighted by Crippen LogP contribution is -2.37. The number of hydrogen-bond donors (Lipinski definition) is 2. The molecule has 164 valence electrons. The SMILES string of the molecule is CCOc1ccc(CCNC(=NC)NCc2cccc(CN(C)C)c2)cc1OCC. The van der Waals surface area contributed by atoms with Gasteiger partial charge in [0.2, 0.25) is 0 Å². The summed E-state index contributed by atoms with van der Waals surface area (Å²) in [6, 6.07) is 14.8. The lowest BCUT2D eigenvalue weighted by atomic mass is 10.1. The summed E-state index contributed by atoms with van der Waals surface area (Å²) in [5.41, 5.74) is 3.74. The second kappa shape index (κ2) is 12.8. The molecule has 2 aromatic rings. The van der Waals surface area contributed by atoms with Crippen molar-refractivity contribution in [3.63, 3.8) is 0 Å². The zero-order chi connectivity index (χ0) is 21.8. The van der Waals surface area contributed by atoms with Crippen LogP contribution in [0.15, 0.2) is 47.5 Å². The summed E-state index contributed by atoms with van der Waals surface area (Å²) in [4.78, 5) is 6.50. The Bertz CT molecular complexity index is 806. The van der Waals surface area contributed by atoms with Crippen LogP contribution in [0.5, 0.6) is 11.5 Å². The van der Waals surface area contributed by atoms with E-state index < -0.39 is 0 Å². The smallest absolute Gasteiger partial charge is 0.191 e. The van der Waals surface area contributed by atoms with Crippen LogP contribution in [0.25, 0.3) is 0 Å². The average molecular weight is 413 g/mol. The number of ether oxygens (including phenoxy) is 2. The lowest BCUT2D eigenvalue weighted by Gasteiger charge is -2.15. The molecule has 0 saturated heterocycles. The van der Waals surface area contributed by atoms with Crippen LogP contribution in [-0.2, 0) is 19.5 Å². The normalized spacial score (nSPS) is 11.5. The van der Waals surface area contributed by atoms with E-state index in [1.807, 2.05) is 19.9 Å². The molecule has 2 rings (SSSR count). The summed E-state index contributed by atoms with van der Waals surface area (Å²) in [7, 11) is 5.96. The minimum atomic E-state index is 0.619. The monoisotopic (exact) mass is 412 g/mol. The van der Waals surface area contributed by atoms with E-state index in [4.69, 9.17) is 9.47 Å². The van der Waals surface area contributed by atoms with Gasteiger partial charge in [-0.25, -0.2) is 0 Å². The largest absolute Gasteiger partial charge is 0.490 e. The number of benzene rings is 2. The summed E-state index contributed by atoms with van der Waals surface area (Å²) in [5.74, 6) is 2.39. The van der Waals surface area contributed by atoms with Crippen molar-refractivity contribution < 1.29 is 9.47 Å². The first-order valence-corrected chi connectivity index (χ1v) is 10.6. The van der Waals surface area contributed by atoms with Gasteiger partial charge in [0.1, 0.15) is 0 Å². The van der Waals surface area contributed by atoms with Gasteiger partial charge in [-0.3, -0.25) is 4.99 Å². The molecule has 0 saturated carbocycles. The number of hydrogen-bond acceptors (Lipinski definition) is 4. The Labute approximate surface area is 181 Å². The van der Waals surface area contributed by atoms with Crippen molar-refractivity contribution in [2.75, 3.05) is 40.9 Å². The van der Waals surface area contributed by atoms with Crippen LogP contribution in [-0.4, -0.2) is 51.8 Å². The van der Waals surface area contributed by atoms with Crippen molar-refractivity contribution in [3.05, 3.63) is 59.2 Å². The van der Waals surface area contributed by atoms with Gasteiger partial charge in [-0.05, 0) is 63.2 Å². The minimum absolute atomic E-state index is 0.619. The van der Waals surface area contributed by atoms with Crippen molar-refractivity contribution in [1.29, 1.82) is 0 Å². The van der Waals surface area contributed by atoms with E-state index in [2.05, 4.69) is 71.0 Å². The molecule has 6 heteroatoms. The second-order valence-corrected chi connectivity index (χ2v) is 7.31. The molecule has 0 aromatic heterocycles. The van der Waals surface area contributed by atoms with E-state index in [0.717, 1.165) is 43.5 Å². The molecule has 0 aliphatic carbocycles. The standard InChI is InChI=1S/C24H36N4O2/c1-6-29-22-12-11-19(16-23(22)30-7-2)13-14-26-24(25-3)27-17-20-9-8-10-21(15-20)18-28(4)5/h8-12,15-16H,6-7,13-14,17-18H2,1-5H3,(H2,25,26,27). The van der Waals surface area contributed by atoms with Crippen molar-refractivity contribution in [2.24, 2.45) is 4.99 Å². The first-order valence-electron chi connectivity index (χ1n) is 10.6. The molecule has 0 aliphatic rings. The third kappa shape index (κ3) is 7.95. The maximum absolute atomic E-state index is 5.72. The highest BCUT2D eigenvalue weighted by Crippen LogP contribution is 2.28. The summed E-state index contributed by atoms with van der Waals surface area (Å²) < 4.78 is 11.4. The van der Waals surface area contributed by atoms with Crippen LogP contribution >= 0.6 is 0 Å². The molecule has 30 heavy (non-hydrogen) atoms. The molecule has 0 aliphatic heterocycles. The van der Waals surface area contributed by atoms with Crippen LogP contribution < -0.4 is 20.1 Å². The molecule has 0 atom stereocenters. The summed E-state index contributed by atoms with van der Waals surface area (Å²) in [5, 5.41) is 6.78. The molecule has 0 spiro atoms. The Morgan fingerprint density at radius 1 is 0.900 bits per heavy atom. The summed E-state index contributed by atoms with van der Waals surface area (Å²) in [6.45, 7) is 7.65. The molecular weight excluding hydrogens is 376 g/mol. The quantitative estimate of drug-likeness (QED) is 0.437. The van der Waals surface area contributed by atoms with E-state index in [9.17, 15) is 0 Å². The van der Waals surface area contributed by atoms with Gasteiger partial charge in [-0.15, -0.1) is 0 Å². The van der Waals surface area contributed by atoms with Crippen molar-refractivity contribution in [3.8, 4) is 11.5 Å². The zero-order valence-corrected chi connectivity index (χ0v) is 19.0. The van der Waals surface area contributed by atoms with Crippen LogP contribution in [0.4, 0.5) is 0 Å². The van der Waals surface area contributed by atoms with Gasteiger partial charge in [0, 0.05) is 26.7 Å².